The summed E-state index contributed by atoms with van der Waals surface area (Å²) in [5.74, 6) is 0.110. The lowest BCUT2D eigenvalue weighted by Crippen LogP contribution is -2.48. The molecule has 0 radical (unpaired) electrons. The summed E-state index contributed by atoms with van der Waals surface area (Å²) in [6.45, 7) is 1.69. The summed E-state index contributed by atoms with van der Waals surface area (Å²) < 4.78 is 0. The number of likely N-dealkylation sites (tertiary alicyclic amines) is 1. The third kappa shape index (κ3) is 2.76. The van der Waals surface area contributed by atoms with E-state index in [-0.39, 0.29) is 11.9 Å². The molecule has 4 nitrogen and oxygen atoms in total. The summed E-state index contributed by atoms with van der Waals surface area (Å²) in [5.41, 5.74) is 1.52. The highest BCUT2D eigenvalue weighted by atomic mass is 16.2. The fourth-order valence-electron chi connectivity index (χ4n) is 3.15. The molecule has 0 spiro atoms. The van der Waals surface area contributed by atoms with Crippen molar-refractivity contribution < 1.29 is 4.79 Å². The van der Waals surface area contributed by atoms with Gasteiger partial charge in [0.05, 0.1) is 11.1 Å². The first kappa shape index (κ1) is 14.0. The van der Waals surface area contributed by atoms with Gasteiger partial charge < -0.3 is 10.2 Å². The van der Waals surface area contributed by atoms with Crippen LogP contribution in [0.5, 0.6) is 0 Å². The van der Waals surface area contributed by atoms with E-state index in [1.54, 1.807) is 6.20 Å². The van der Waals surface area contributed by atoms with Gasteiger partial charge in [0.1, 0.15) is 0 Å². The number of rotatable bonds is 3. The Hall–Kier alpha value is -1.94. The molecule has 0 aliphatic carbocycles. The topological polar surface area (TPSA) is 45.2 Å². The van der Waals surface area contributed by atoms with Crippen LogP contribution < -0.4 is 5.32 Å². The number of aromatic nitrogens is 1. The van der Waals surface area contributed by atoms with E-state index < -0.39 is 0 Å². The Labute approximate surface area is 125 Å². The van der Waals surface area contributed by atoms with Gasteiger partial charge in [-0.15, -0.1) is 0 Å². The van der Waals surface area contributed by atoms with Gasteiger partial charge in [-0.2, -0.15) is 0 Å². The van der Waals surface area contributed by atoms with Crippen LogP contribution in [0.2, 0.25) is 0 Å². The van der Waals surface area contributed by atoms with Gasteiger partial charge >= 0.3 is 0 Å². The van der Waals surface area contributed by atoms with Crippen molar-refractivity contribution in [3.8, 4) is 0 Å². The van der Waals surface area contributed by atoms with Crippen LogP contribution in [-0.4, -0.2) is 42.0 Å². The minimum absolute atomic E-state index is 0.110. The molecule has 0 saturated carbocycles. The van der Waals surface area contributed by atoms with Gasteiger partial charge in [0, 0.05) is 30.7 Å². The number of para-hydroxylation sites is 1. The van der Waals surface area contributed by atoms with Crippen molar-refractivity contribution in [3.63, 3.8) is 0 Å². The van der Waals surface area contributed by atoms with Gasteiger partial charge in [-0.1, -0.05) is 18.2 Å². The predicted octanol–water partition coefficient (Wildman–Crippen LogP) is 2.45. The number of carbonyl (C=O) groups excluding carboxylic acids is 1. The largest absolute Gasteiger partial charge is 0.334 e. The zero-order valence-electron chi connectivity index (χ0n) is 12.4. The molecule has 1 atom stereocenters. The maximum atomic E-state index is 13.0. The minimum Gasteiger partial charge on any atom is -0.334 e. The molecule has 1 N–H and O–H groups in total. The highest BCUT2D eigenvalue weighted by Crippen LogP contribution is 2.23. The van der Waals surface area contributed by atoms with E-state index in [0.717, 1.165) is 42.4 Å². The van der Waals surface area contributed by atoms with Crippen molar-refractivity contribution in [2.24, 2.45) is 0 Å². The highest BCUT2D eigenvalue weighted by Gasteiger charge is 2.27. The Bertz CT molecular complexity index is 633. The van der Waals surface area contributed by atoms with Crippen LogP contribution in [0.1, 0.15) is 29.6 Å². The molecular formula is C17H21N3O. The molecule has 1 amide bonds. The van der Waals surface area contributed by atoms with E-state index in [1.807, 2.05) is 42.3 Å². The average Bonchev–Trinajstić information content (AvgIpc) is 2.54. The number of piperidine rings is 1. The Kier molecular flexibility index (Phi) is 4.15. The second kappa shape index (κ2) is 6.22. The van der Waals surface area contributed by atoms with Crippen molar-refractivity contribution in [2.45, 2.75) is 25.3 Å². The van der Waals surface area contributed by atoms with Crippen LogP contribution >= 0.6 is 0 Å². The molecule has 0 bridgehead atoms. The van der Waals surface area contributed by atoms with E-state index in [4.69, 9.17) is 0 Å². The first-order valence-electron chi connectivity index (χ1n) is 7.60. The Balaban J connectivity index is 1.95. The van der Waals surface area contributed by atoms with E-state index in [9.17, 15) is 4.79 Å². The van der Waals surface area contributed by atoms with Crippen molar-refractivity contribution >= 4 is 16.8 Å². The number of likely N-dealkylation sites (N-methyl/N-ethyl adjacent to an activating group) is 1. The molecule has 1 aromatic heterocycles. The molecule has 2 heterocycles. The second-order valence-corrected chi connectivity index (χ2v) is 5.59. The molecule has 1 saturated heterocycles. The molecule has 2 aromatic rings. The molecule has 1 aromatic carbocycles. The fourth-order valence-corrected chi connectivity index (χ4v) is 3.15. The monoisotopic (exact) mass is 283 g/mol. The van der Waals surface area contributed by atoms with Crippen LogP contribution in [-0.2, 0) is 0 Å². The summed E-state index contributed by atoms with van der Waals surface area (Å²) in [6.07, 6.45) is 5.11. The van der Waals surface area contributed by atoms with Crippen molar-refractivity contribution in [1.29, 1.82) is 0 Å². The molecular weight excluding hydrogens is 262 g/mol. The molecule has 1 unspecified atom stereocenters. The van der Waals surface area contributed by atoms with Crippen molar-refractivity contribution in [1.82, 2.24) is 15.2 Å². The number of hydrogen-bond acceptors (Lipinski definition) is 3. The molecule has 1 aliphatic rings. The molecule has 3 rings (SSSR count). The molecule has 110 valence electrons. The Morgan fingerprint density at radius 1 is 1.33 bits per heavy atom. The summed E-state index contributed by atoms with van der Waals surface area (Å²) >= 11 is 0. The van der Waals surface area contributed by atoms with Crippen LogP contribution in [0.4, 0.5) is 0 Å². The summed E-state index contributed by atoms with van der Waals surface area (Å²) in [5, 5.41) is 4.22. The SMILES string of the molecule is CNCC1CCCCN1C(=O)c1cccc2cccnc12. The molecule has 21 heavy (non-hydrogen) atoms. The lowest BCUT2D eigenvalue weighted by molar-refractivity contribution is 0.0617. The number of pyridine rings is 1. The number of amides is 1. The first-order valence-corrected chi connectivity index (χ1v) is 7.60. The zero-order valence-corrected chi connectivity index (χ0v) is 12.4. The van der Waals surface area contributed by atoms with E-state index in [0.29, 0.717) is 0 Å². The van der Waals surface area contributed by atoms with Crippen LogP contribution in [0, 0.1) is 0 Å². The number of benzene rings is 1. The van der Waals surface area contributed by atoms with Crippen molar-refractivity contribution in [2.75, 3.05) is 20.1 Å². The van der Waals surface area contributed by atoms with Gasteiger partial charge in [-0.3, -0.25) is 9.78 Å². The van der Waals surface area contributed by atoms with Gasteiger partial charge in [0.15, 0.2) is 0 Å². The van der Waals surface area contributed by atoms with Crippen LogP contribution in [0.15, 0.2) is 36.5 Å². The average molecular weight is 283 g/mol. The van der Waals surface area contributed by atoms with Gasteiger partial charge in [0.2, 0.25) is 0 Å². The zero-order chi connectivity index (χ0) is 14.7. The first-order chi connectivity index (χ1) is 10.3. The predicted molar refractivity (Wildman–Crippen MR) is 84.3 cm³/mol. The van der Waals surface area contributed by atoms with Crippen LogP contribution in [0.3, 0.4) is 0 Å². The Morgan fingerprint density at radius 3 is 3.05 bits per heavy atom. The third-order valence-corrected chi connectivity index (χ3v) is 4.19. The second-order valence-electron chi connectivity index (χ2n) is 5.59. The van der Waals surface area contributed by atoms with E-state index in [1.165, 1.54) is 6.42 Å². The third-order valence-electron chi connectivity index (χ3n) is 4.19. The van der Waals surface area contributed by atoms with Crippen molar-refractivity contribution in [3.05, 3.63) is 42.1 Å². The fraction of sp³-hybridized carbons (Fsp3) is 0.412. The summed E-state index contributed by atoms with van der Waals surface area (Å²) in [7, 11) is 1.94. The lowest BCUT2D eigenvalue weighted by Gasteiger charge is -2.36. The molecule has 1 fully saturated rings. The lowest BCUT2D eigenvalue weighted by atomic mass is 10.00. The minimum atomic E-state index is 0.110. The summed E-state index contributed by atoms with van der Waals surface area (Å²) in [6, 6.07) is 10.0. The number of nitrogens with one attached hydrogen (secondary N) is 1. The number of hydrogen-bond donors (Lipinski definition) is 1. The summed E-state index contributed by atoms with van der Waals surface area (Å²) in [4.78, 5) is 19.4. The van der Waals surface area contributed by atoms with E-state index in [2.05, 4.69) is 10.3 Å². The number of nitrogens with zero attached hydrogens (tertiary/aromatic N) is 2. The highest BCUT2D eigenvalue weighted by molar-refractivity contribution is 6.05. The number of carbonyl (C=O) groups is 1. The van der Waals surface area contributed by atoms with Gasteiger partial charge in [-0.25, -0.2) is 0 Å². The maximum Gasteiger partial charge on any atom is 0.256 e. The standard InChI is InChI=1S/C17H21N3O/c1-18-12-14-8-2-3-11-20(14)17(21)15-9-4-6-13-7-5-10-19-16(13)15/h4-7,9-10,14,18H,2-3,8,11-12H2,1H3. The van der Waals surface area contributed by atoms with Crippen LogP contribution in [0.25, 0.3) is 10.9 Å². The number of fused-ring (bicyclic) bond motifs is 1. The molecule has 1 aliphatic heterocycles. The quantitative estimate of drug-likeness (QED) is 0.941. The normalized spacial score (nSPS) is 18.9. The van der Waals surface area contributed by atoms with Gasteiger partial charge in [0.25, 0.3) is 5.91 Å². The van der Waals surface area contributed by atoms with E-state index >= 15 is 0 Å². The smallest absolute Gasteiger partial charge is 0.256 e. The van der Waals surface area contributed by atoms with Gasteiger partial charge in [-0.05, 0) is 38.4 Å². The Morgan fingerprint density at radius 2 is 2.19 bits per heavy atom. The molecule has 4 heteroatoms. The maximum absolute atomic E-state index is 13.0.